The Morgan fingerprint density at radius 2 is 1.75 bits per heavy atom. The molecule has 4 atom stereocenters. The summed E-state index contributed by atoms with van der Waals surface area (Å²) in [6.45, 7) is 0.00271. The van der Waals surface area contributed by atoms with Gasteiger partial charge in [0.05, 0.1) is 6.61 Å². The Labute approximate surface area is 93.3 Å². The highest BCUT2D eigenvalue weighted by atomic mass is 16.5. The molecule has 1 aromatic carbocycles. The van der Waals surface area contributed by atoms with Crippen molar-refractivity contribution >= 4 is 5.69 Å². The van der Waals surface area contributed by atoms with Gasteiger partial charge in [-0.05, 0) is 12.1 Å². The molecule has 1 aliphatic rings. The number of rotatable bonds is 2. The molecule has 0 amide bonds. The third-order valence-corrected chi connectivity index (χ3v) is 2.58. The fourth-order valence-electron chi connectivity index (χ4n) is 1.63. The summed E-state index contributed by atoms with van der Waals surface area (Å²) in [5.41, 5.74) is 0.787. The van der Waals surface area contributed by atoms with Crippen molar-refractivity contribution in [1.29, 1.82) is 0 Å². The van der Waals surface area contributed by atoms with Crippen molar-refractivity contribution in [3.8, 4) is 0 Å². The van der Waals surface area contributed by atoms with Crippen LogP contribution in [0, 0.1) is 0 Å². The Morgan fingerprint density at radius 1 is 1.06 bits per heavy atom. The summed E-state index contributed by atoms with van der Waals surface area (Å²) in [5.74, 6) is 0. The zero-order chi connectivity index (χ0) is 11.5. The molecule has 16 heavy (non-hydrogen) atoms. The summed E-state index contributed by atoms with van der Waals surface area (Å²) in [7, 11) is 0. The average molecular weight is 225 g/mol. The fourth-order valence-corrected chi connectivity index (χ4v) is 1.63. The third-order valence-electron chi connectivity index (χ3n) is 2.58. The van der Waals surface area contributed by atoms with E-state index in [1.165, 1.54) is 0 Å². The van der Waals surface area contributed by atoms with Crippen LogP contribution in [0.2, 0.25) is 0 Å². The van der Waals surface area contributed by atoms with Gasteiger partial charge >= 0.3 is 0 Å². The first kappa shape index (κ1) is 11.3. The number of benzene rings is 1. The minimum Gasteiger partial charge on any atom is -0.388 e. The monoisotopic (exact) mass is 225 g/mol. The van der Waals surface area contributed by atoms with Crippen molar-refractivity contribution in [2.24, 2.45) is 0 Å². The SMILES string of the molecule is O[C@H]1[C@H](O)[C@@H](Nc2ccccc2)OC[C@H]1O. The minimum absolute atomic E-state index is 0.00271. The van der Waals surface area contributed by atoms with Crippen molar-refractivity contribution in [2.45, 2.75) is 24.5 Å². The number of anilines is 1. The highest BCUT2D eigenvalue weighted by Gasteiger charge is 2.37. The number of aliphatic hydroxyl groups is 3. The summed E-state index contributed by atoms with van der Waals surface area (Å²) in [6.07, 6.45) is -4.08. The van der Waals surface area contributed by atoms with Crippen LogP contribution >= 0.6 is 0 Å². The van der Waals surface area contributed by atoms with Gasteiger partial charge in [-0.2, -0.15) is 0 Å². The van der Waals surface area contributed by atoms with E-state index in [2.05, 4.69) is 5.32 Å². The summed E-state index contributed by atoms with van der Waals surface area (Å²) < 4.78 is 5.21. The number of para-hydroxylation sites is 1. The molecule has 0 spiro atoms. The molecule has 1 aromatic rings. The van der Waals surface area contributed by atoms with Crippen LogP contribution < -0.4 is 5.32 Å². The maximum Gasteiger partial charge on any atom is 0.156 e. The van der Waals surface area contributed by atoms with E-state index in [0.717, 1.165) is 5.69 Å². The van der Waals surface area contributed by atoms with Crippen LogP contribution in [-0.2, 0) is 4.74 Å². The van der Waals surface area contributed by atoms with Gasteiger partial charge in [0.25, 0.3) is 0 Å². The van der Waals surface area contributed by atoms with E-state index in [1.807, 2.05) is 30.3 Å². The highest BCUT2D eigenvalue weighted by Crippen LogP contribution is 2.18. The normalized spacial score (nSPS) is 34.7. The van der Waals surface area contributed by atoms with Crippen molar-refractivity contribution in [1.82, 2.24) is 0 Å². The van der Waals surface area contributed by atoms with Crippen LogP contribution in [0.4, 0.5) is 5.69 Å². The third kappa shape index (κ3) is 2.33. The summed E-state index contributed by atoms with van der Waals surface area (Å²) in [4.78, 5) is 0. The maximum absolute atomic E-state index is 9.67. The van der Waals surface area contributed by atoms with Gasteiger partial charge in [0.1, 0.15) is 18.3 Å². The molecule has 0 saturated carbocycles. The van der Waals surface area contributed by atoms with E-state index in [9.17, 15) is 15.3 Å². The van der Waals surface area contributed by atoms with Gasteiger partial charge in [0.15, 0.2) is 6.23 Å². The van der Waals surface area contributed by atoms with Crippen LogP contribution in [0.3, 0.4) is 0 Å². The van der Waals surface area contributed by atoms with Crippen LogP contribution in [0.25, 0.3) is 0 Å². The Hall–Kier alpha value is -1.14. The molecule has 1 saturated heterocycles. The fraction of sp³-hybridized carbons (Fsp3) is 0.455. The molecule has 5 heteroatoms. The van der Waals surface area contributed by atoms with Crippen molar-refractivity contribution in [3.05, 3.63) is 30.3 Å². The molecule has 0 aromatic heterocycles. The van der Waals surface area contributed by atoms with E-state index >= 15 is 0 Å². The number of ether oxygens (including phenoxy) is 1. The Balaban J connectivity index is 2.00. The minimum atomic E-state index is -1.19. The Kier molecular flexibility index (Phi) is 3.40. The molecular formula is C11H15NO4. The predicted octanol–water partition coefficient (Wildman–Crippen LogP) is -0.463. The second-order valence-corrected chi connectivity index (χ2v) is 3.81. The number of aliphatic hydroxyl groups excluding tert-OH is 3. The topological polar surface area (TPSA) is 82.0 Å². The smallest absolute Gasteiger partial charge is 0.156 e. The molecule has 4 N–H and O–H groups in total. The standard InChI is InChI=1S/C11H15NO4/c13-8-6-16-11(10(15)9(8)14)12-7-4-2-1-3-5-7/h1-5,8-15H,6H2/t8-,9-,10+,11+/m1/s1. The van der Waals surface area contributed by atoms with Crippen LogP contribution in [0.15, 0.2) is 30.3 Å². The summed E-state index contributed by atoms with van der Waals surface area (Å²) in [5, 5.41) is 31.4. The number of hydrogen-bond donors (Lipinski definition) is 4. The van der Waals surface area contributed by atoms with Gasteiger partial charge in [-0.3, -0.25) is 0 Å². The van der Waals surface area contributed by atoms with E-state index in [1.54, 1.807) is 0 Å². The van der Waals surface area contributed by atoms with Gasteiger partial charge in [-0.25, -0.2) is 0 Å². The first-order valence-corrected chi connectivity index (χ1v) is 5.16. The molecule has 1 heterocycles. The predicted molar refractivity (Wildman–Crippen MR) is 57.8 cm³/mol. The maximum atomic E-state index is 9.67. The van der Waals surface area contributed by atoms with Gasteiger partial charge in [0.2, 0.25) is 0 Å². The lowest BCUT2D eigenvalue weighted by molar-refractivity contribution is -0.178. The number of nitrogens with one attached hydrogen (secondary N) is 1. The van der Waals surface area contributed by atoms with Gasteiger partial charge in [0, 0.05) is 5.69 Å². The molecule has 0 aliphatic carbocycles. The van der Waals surface area contributed by atoms with E-state index < -0.39 is 24.5 Å². The quantitative estimate of drug-likeness (QED) is 0.547. The Bertz CT molecular complexity index is 332. The molecule has 2 rings (SSSR count). The van der Waals surface area contributed by atoms with E-state index in [4.69, 9.17) is 4.74 Å². The summed E-state index contributed by atoms with van der Waals surface area (Å²) >= 11 is 0. The van der Waals surface area contributed by atoms with Crippen LogP contribution in [-0.4, -0.2) is 46.5 Å². The average Bonchev–Trinajstić information content (AvgIpc) is 2.31. The molecule has 0 radical (unpaired) electrons. The second kappa shape index (κ2) is 4.80. The largest absolute Gasteiger partial charge is 0.388 e. The molecular weight excluding hydrogens is 210 g/mol. The Morgan fingerprint density at radius 3 is 2.44 bits per heavy atom. The van der Waals surface area contributed by atoms with E-state index in [-0.39, 0.29) is 6.61 Å². The molecule has 1 aliphatic heterocycles. The highest BCUT2D eigenvalue weighted by molar-refractivity contribution is 5.43. The van der Waals surface area contributed by atoms with Crippen LogP contribution in [0.1, 0.15) is 0 Å². The molecule has 5 nitrogen and oxygen atoms in total. The zero-order valence-electron chi connectivity index (χ0n) is 8.65. The summed E-state index contributed by atoms with van der Waals surface area (Å²) in [6, 6.07) is 9.23. The lowest BCUT2D eigenvalue weighted by Gasteiger charge is -2.35. The van der Waals surface area contributed by atoms with Crippen molar-refractivity contribution < 1.29 is 20.1 Å². The molecule has 1 fully saturated rings. The van der Waals surface area contributed by atoms with Gasteiger partial charge < -0.3 is 25.4 Å². The van der Waals surface area contributed by atoms with Crippen LogP contribution in [0.5, 0.6) is 0 Å². The van der Waals surface area contributed by atoms with Crippen molar-refractivity contribution in [2.75, 3.05) is 11.9 Å². The lowest BCUT2D eigenvalue weighted by atomic mass is 10.0. The van der Waals surface area contributed by atoms with Gasteiger partial charge in [-0.1, -0.05) is 18.2 Å². The zero-order valence-corrected chi connectivity index (χ0v) is 8.65. The molecule has 0 unspecified atom stereocenters. The van der Waals surface area contributed by atoms with E-state index in [0.29, 0.717) is 0 Å². The first-order chi connectivity index (χ1) is 7.68. The molecule has 88 valence electrons. The second-order valence-electron chi connectivity index (χ2n) is 3.81. The number of hydrogen-bond acceptors (Lipinski definition) is 5. The first-order valence-electron chi connectivity index (χ1n) is 5.16. The van der Waals surface area contributed by atoms with Crippen molar-refractivity contribution in [3.63, 3.8) is 0 Å². The van der Waals surface area contributed by atoms with Gasteiger partial charge in [-0.15, -0.1) is 0 Å². The lowest BCUT2D eigenvalue weighted by Crippen LogP contribution is -2.55. The molecule has 0 bridgehead atoms.